The maximum Gasteiger partial charge on any atom is 0.367 e. The number of Topliss-reactive ketones (excluding diaryl/α,β-unsaturated/α-hetero) is 1. The van der Waals surface area contributed by atoms with Crippen LogP contribution in [0.1, 0.15) is 19.8 Å². The summed E-state index contributed by atoms with van der Waals surface area (Å²) in [6.07, 6.45) is -1.56. The zero-order valence-corrected chi connectivity index (χ0v) is 9.72. The largest absolute Gasteiger partial charge is 0.367 e. The van der Waals surface area contributed by atoms with Crippen molar-refractivity contribution >= 4 is 17.4 Å². The number of rotatable bonds is 1. The van der Waals surface area contributed by atoms with E-state index < -0.39 is 52.7 Å². The molecule has 1 nitrogen and oxygen atoms in total. The molecule has 0 saturated heterocycles. The highest BCUT2D eigenvalue weighted by molar-refractivity contribution is 6.32. The summed E-state index contributed by atoms with van der Waals surface area (Å²) >= 11 is 5.31. The number of ketones is 1. The van der Waals surface area contributed by atoms with E-state index in [0.29, 0.717) is 6.92 Å². The molecular weight excluding hydrogens is 286 g/mol. The number of hydrogen-bond acceptors (Lipinski definition) is 1. The van der Waals surface area contributed by atoms with Gasteiger partial charge in [0.15, 0.2) is 5.78 Å². The topological polar surface area (TPSA) is 17.1 Å². The number of carbonyl (C=O) groups excluding carboxylic acids is 1. The van der Waals surface area contributed by atoms with Crippen LogP contribution in [-0.4, -0.2) is 17.6 Å². The van der Waals surface area contributed by atoms with Crippen LogP contribution in [-0.2, 0) is 4.79 Å². The number of halogens is 7. The van der Waals surface area contributed by atoms with E-state index in [9.17, 15) is 31.1 Å². The Labute approximate surface area is 103 Å². The average molecular weight is 293 g/mol. The number of alkyl halides is 4. The van der Waals surface area contributed by atoms with Crippen molar-refractivity contribution in [2.24, 2.45) is 0 Å². The zero-order chi connectivity index (χ0) is 14.3. The SMILES string of the molecule is CC(=O)C1=C(Cl)CCC(F)=C(F)C(F)(F)C1(F)F. The van der Waals surface area contributed by atoms with E-state index in [-0.39, 0.29) is 0 Å². The Morgan fingerprint density at radius 1 is 1.11 bits per heavy atom. The van der Waals surface area contributed by atoms with Gasteiger partial charge in [-0.05, 0) is 13.3 Å². The van der Waals surface area contributed by atoms with Crippen LogP contribution in [0.2, 0.25) is 0 Å². The summed E-state index contributed by atoms with van der Waals surface area (Å²) in [4.78, 5) is 11.0. The van der Waals surface area contributed by atoms with Gasteiger partial charge in [-0.15, -0.1) is 0 Å². The molecule has 0 saturated carbocycles. The fourth-order valence-electron chi connectivity index (χ4n) is 1.50. The first kappa shape index (κ1) is 15.1. The summed E-state index contributed by atoms with van der Waals surface area (Å²) in [6, 6.07) is 0. The van der Waals surface area contributed by atoms with Crippen molar-refractivity contribution in [2.75, 3.05) is 0 Å². The Kier molecular flexibility index (Phi) is 3.86. The molecule has 0 N–H and O–H groups in total. The molecule has 8 heteroatoms. The number of allylic oxidation sites excluding steroid dienone is 4. The molecule has 0 aromatic carbocycles. The predicted octanol–water partition coefficient (Wildman–Crippen LogP) is 4.28. The minimum atomic E-state index is -5.45. The zero-order valence-electron chi connectivity index (χ0n) is 8.97. The lowest BCUT2D eigenvalue weighted by atomic mass is 9.93. The van der Waals surface area contributed by atoms with Crippen LogP contribution >= 0.6 is 11.6 Å². The van der Waals surface area contributed by atoms with Crippen molar-refractivity contribution in [3.05, 3.63) is 22.3 Å². The first-order valence-corrected chi connectivity index (χ1v) is 5.11. The molecule has 0 heterocycles. The van der Waals surface area contributed by atoms with Crippen LogP contribution in [0, 0.1) is 0 Å². The van der Waals surface area contributed by atoms with E-state index >= 15 is 0 Å². The Morgan fingerprint density at radius 2 is 1.61 bits per heavy atom. The van der Waals surface area contributed by atoms with Crippen molar-refractivity contribution in [3.63, 3.8) is 0 Å². The van der Waals surface area contributed by atoms with E-state index in [1.807, 2.05) is 0 Å². The monoisotopic (exact) mass is 292 g/mol. The van der Waals surface area contributed by atoms with Crippen LogP contribution in [0.15, 0.2) is 22.3 Å². The van der Waals surface area contributed by atoms with Gasteiger partial charge in [0, 0.05) is 11.5 Å². The normalized spacial score (nSPS) is 23.8. The molecule has 0 bridgehead atoms. The molecule has 1 aliphatic rings. The third-order valence-electron chi connectivity index (χ3n) is 2.41. The average Bonchev–Trinajstić information content (AvgIpc) is 2.22. The van der Waals surface area contributed by atoms with E-state index in [4.69, 9.17) is 11.6 Å². The Morgan fingerprint density at radius 3 is 2.06 bits per heavy atom. The minimum absolute atomic E-state index is 0.598. The maximum atomic E-state index is 13.5. The minimum Gasteiger partial charge on any atom is -0.295 e. The lowest BCUT2D eigenvalue weighted by molar-refractivity contribution is -0.176. The fourth-order valence-corrected chi connectivity index (χ4v) is 1.85. The summed E-state index contributed by atoms with van der Waals surface area (Å²) in [5.74, 6) is -16.9. The van der Waals surface area contributed by atoms with E-state index in [1.54, 1.807) is 0 Å². The first-order chi connectivity index (χ1) is 8.03. The lowest BCUT2D eigenvalue weighted by Crippen LogP contribution is -2.45. The van der Waals surface area contributed by atoms with Gasteiger partial charge in [-0.25, -0.2) is 8.78 Å². The third kappa shape index (κ3) is 2.15. The van der Waals surface area contributed by atoms with Gasteiger partial charge >= 0.3 is 11.8 Å². The molecule has 0 atom stereocenters. The molecule has 0 amide bonds. The molecule has 1 rings (SSSR count). The maximum absolute atomic E-state index is 13.5. The van der Waals surface area contributed by atoms with Gasteiger partial charge in [0.05, 0.1) is 5.57 Å². The molecule has 0 unspecified atom stereocenters. The van der Waals surface area contributed by atoms with Gasteiger partial charge in [-0.1, -0.05) is 11.6 Å². The Bertz CT molecular complexity index is 451. The second-order valence-electron chi connectivity index (χ2n) is 3.70. The Hall–Kier alpha value is -0.980. The van der Waals surface area contributed by atoms with Gasteiger partial charge in [-0.3, -0.25) is 4.79 Å². The second kappa shape index (κ2) is 4.60. The molecule has 1 aliphatic carbocycles. The van der Waals surface area contributed by atoms with Crippen LogP contribution in [0.25, 0.3) is 0 Å². The number of hydrogen-bond donors (Lipinski definition) is 0. The van der Waals surface area contributed by atoms with Gasteiger partial charge in [0.25, 0.3) is 0 Å². The quantitative estimate of drug-likeness (QED) is 0.659. The standard InChI is InChI=1S/C10H7ClF6O/c1-4(18)7-5(11)2-3-6(12)8(13)10(16,17)9(7,14)15/h2-3H2,1H3. The molecule has 0 aromatic heterocycles. The summed E-state index contributed by atoms with van der Waals surface area (Å²) in [5.41, 5.74) is -1.68. The molecule has 18 heavy (non-hydrogen) atoms. The predicted molar refractivity (Wildman–Crippen MR) is 51.9 cm³/mol. The van der Waals surface area contributed by atoms with Crippen LogP contribution in [0.5, 0.6) is 0 Å². The summed E-state index contributed by atoms with van der Waals surface area (Å²) in [7, 11) is 0. The molecule has 0 radical (unpaired) electrons. The van der Waals surface area contributed by atoms with Crippen molar-refractivity contribution in [1.29, 1.82) is 0 Å². The van der Waals surface area contributed by atoms with Crippen molar-refractivity contribution in [1.82, 2.24) is 0 Å². The van der Waals surface area contributed by atoms with E-state index in [2.05, 4.69) is 0 Å². The molecule has 0 fully saturated rings. The molecule has 102 valence electrons. The molecular formula is C10H7ClF6O. The third-order valence-corrected chi connectivity index (χ3v) is 2.79. The van der Waals surface area contributed by atoms with Gasteiger partial charge < -0.3 is 0 Å². The molecule has 0 aromatic rings. The highest BCUT2D eigenvalue weighted by Crippen LogP contribution is 2.50. The first-order valence-electron chi connectivity index (χ1n) is 4.73. The van der Waals surface area contributed by atoms with Crippen LogP contribution in [0.4, 0.5) is 26.3 Å². The van der Waals surface area contributed by atoms with E-state index in [1.165, 1.54) is 0 Å². The summed E-state index contributed by atoms with van der Waals surface area (Å²) in [6.45, 7) is 0.598. The van der Waals surface area contributed by atoms with Gasteiger partial charge in [0.1, 0.15) is 5.83 Å². The van der Waals surface area contributed by atoms with Crippen molar-refractivity contribution < 1.29 is 31.1 Å². The van der Waals surface area contributed by atoms with Gasteiger partial charge in [0.2, 0.25) is 5.83 Å². The lowest BCUT2D eigenvalue weighted by Gasteiger charge is -2.29. The summed E-state index contributed by atoms with van der Waals surface area (Å²) in [5, 5.41) is -0.894. The van der Waals surface area contributed by atoms with Crippen molar-refractivity contribution in [3.8, 4) is 0 Å². The van der Waals surface area contributed by atoms with Crippen LogP contribution in [0.3, 0.4) is 0 Å². The molecule has 0 spiro atoms. The smallest absolute Gasteiger partial charge is 0.295 e. The summed E-state index contributed by atoms with van der Waals surface area (Å²) < 4.78 is 79.1. The highest BCUT2D eigenvalue weighted by atomic mass is 35.5. The van der Waals surface area contributed by atoms with Gasteiger partial charge in [-0.2, -0.15) is 17.6 Å². The number of carbonyl (C=O) groups is 1. The van der Waals surface area contributed by atoms with E-state index in [0.717, 1.165) is 0 Å². The second-order valence-corrected chi connectivity index (χ2v) is 4.16. The van der Waals surface area contributed by atoms with Crippen molar-refractivity contribution in [2.45, 2.75) is 31.6 Å². The fraction of sp³-hybridized carbons (Fsp3) is 0.500. The molecule has 0 aliphatic heterocycles. The Balaban J connectivity index is 3.54. The van der Waals surface area contributed by atoms with Crippen LogP contribution < -0.4 is 0 Å². The highest BCUT2D eigenvalue weighted by Gasteiger charge is 2.65.